The van der Waals surface area contributed by atoms with Crippen molar-refractivity contribution in [2.24, 2.45) is 10.9 Å². The number of amides is 1. The fourth-order valence-electron chi connectivity index (χ4n) is 3.80. The zero-order valence-corrected chi connectivity index (χ0v) is 17.3. The summed E-state index contributed by atoms with van der Waals surface area (Å²) in [4.78, 5) is 19.1. The maximum atomic E-state index is 11.9. The van der Waals surface area contributed by atoms with E-state index in [2.05, 4.69) is 69.1 Å². The van der Waals surface area contributed by atoms with Crippen molar-refractivity contribution < 1.29 is 4.79 Å². The van der Waals surface area contributed by atoms with Crippen molar-refractivity contribution in [2.75, 3.05) is 0 Å². The maximum Gasteiger partial charge on any atom is 0.244 e. The first kappa shape index (κ1) is 18.8. The second kappa shape index (κ2) is 7.10. The molecule has 0 saturated carbocycles. The minimum Gasteiger partial charge on any atom is -0.343 e. The third-order valence-electron chi connectivity index (χ3n) is 5.82. The van der Waals surface area contributed by atoms with Crippen LogP contribution in [0.2, 0.25) is 0 Å². The molecule has 2 aromatic rings. The van der Waals surface area contributed by atoms with Crippen LogP contribution in [0.25, 0.3) is 0 Å². The molecule has 0 bridgehead atoms. The van der Waals surface area contributed by atoms with Crippen LogP contribution in [0, 0.1) is 5.92 Å². The van der Waals surface area contributed by atoms with Gasteiger partial charge in [-0.15, -0.1) is 0 Å². The van der Waals surface area contributed by atoms with Gasteiger partial charge in [-0.05, 0) is 55.5 Å². The number of hydrogen-bond donors (Lipinski definition) is 1. The Bertz CT molecular complexity index is 1040. The normalized spacial score (nSPS) is 21.9. The Hall–Kier alpha value is -2.59. The van der Waals surface area contributed by atoms with E-state index in [1.54, 1.807) is 17.8 Å². The molecule has 2 aliphatic rings. The number of carbonyl (C=O) groups excluding carboxylic acids is 1. The van der Waals surface area contributed by atoms with Crippen LogP contribution in [0.1, 0.15) is 31.9 Å². The van der Waals surface area contributed by atoms with Gasteiger partial charge in [0.25, 0.3) is 0 Å². The van der Waals surface area contributed by atoms with E-state index >= 15 is 0 Å². The van der Waals surface area contributed by atoms with Gasteiger partial charge in [0.15, 0.2) is 0 Å². The van der Waals surface area contributed by atoms with Crippen LogP contribution < -0.4 is 5.32 Å². The molecule has 1 N–H and O–H groups in total. The number of aliphatic imine (C=N–C) groups is 1. The van der Waals surface area contributed by atoms with Crippen LogP contribution >= 0.6 is 11.8 Å². The van der Waals surface area contributed by atoms with Gasteiger partial charge in [-0.1, -0.05) is 55.6 Å². The highest BCUT2D eigenvalue weighted by Crippen LogP contribution is 2.41. The molecule has 0 radical (unpaired) electrons. The summed E-state index contributed by atoms with van der Waals surface area (Å²) in [5, 5.41) is 3.11. The molecule has 4 heteroatoms. The van der Waals surface area contributed by atoms with Gasteiger partial charge in [-0.2, -0.15) is 0 Å². The second-order valence-corrected chi connectivity index (χ2v) is 8.84. The summed E-state index contributed by atoms with van der Waals surface area (Å²) in [7, 11) is 0. The molecule has 2 atom stereocenters. The summed E-state index contributed by atoms with van der Waals surface area (Å²) in [5.74, 6) is 0.160. The molecule has 142 valence electrons. The lowest BCUT2D eigenvalue weighted by Gasteiger charge is -2.39. The summed E-state index contributed by atoms with van der Waals surface area (Å²) in [5.41, 5.74) is 5.01. The van der Waals surface area contributed by atoms with Crippen LogP contribution in [-0.4, -0.2) is 17.2 Å². The predicted molar refractivity (Wildman–Crippen MR) is 117 cm³/mol. The minimum atomic E-state index is -0.435. The Morgan fingerprint density at radius 1 is 1.18 bits per heavy atom. The molecule has 2 unspecified atom stereocenters. The first-order valence-corrected chi connectivity index (χ1v) is 10.3. The molecule has 0 fully saturated rings. The van der Waals surface area contributed by atoms with Crippen molar-refractivity contribution in [2.45, 2.75) is 42.5 Å². The van der Waals surface area contributed by atoms with Gasteiger partial charge in [-0.25, -0.2) is 0 Å². The highest BCUT2D eigenvalue weighted by Gasteiger charge is 2.36. The van der Waals surface area contributed by atoms with E-state index in [4.69, 9.17) is 4.99 Å². The van der Waals surface area contributed by atoms with Crippen molar-refractivity contribution >= 4 is 29.1 Å². The summed E-state index contributed by atoms with van der Waals surface area (Å²) in [6.07, 6.45) is 4.24. The maximum absolute atomic E-state index is 11.9. The lowest BCUT2D eigenvalue weighted by Crippen LogP contribution is -2.53. The topological polar surface area (TPSA) is 41.5 Å². The number of hydrogen-bond acceptors (Lipinski definition) is 3. The lowest BCUT2D eigenvalue weighted by atomic mass is 9.76. The Balaban J connectivity index is 1.63. The number of rotatable bonds is 3. The van der Waals surface area contributed by atoms with Crippen LogP contribution in [0.3, 0.4) is 0 Å². The van der Waals surface area contributed by atoms with Gasteiger partial charge < -0.3 is 5.32 Å². The SMILES string of the molecule is C=C1C=CC(=O)NC1(C)C(C)Cc1ccc2c(c1)Sc1ccccc1N=C2C. The van der Waals surface area contributed by atoms with Gasteiger partial charge >= 0.3 is 0 Å². The molecule has 1 amide bonds. The second-order valence-electron chi connectivity index (χ2n) is 7.75. The van der Waals surface area contributed by atoms with E-state index in [0.717, 1.165) is 23.4 Å². The number of benzene rings is 2. The number of nitrogens with zero attached hydrogens (tertiary/aromatic N) is 1. The third kappa shape index (κ3) is 3.33. The van der Waals surface area contributed by atoms with E-state index in [1.165, 1.54) is 20.9 Å². The van der Waals surface area contributed by atoms with E-state index < -0.39 is 5.54 Å². The Morgan fingerprint density at radius 3 is 2.79 bits per heavy atom. The zero-order valence-electron chi connectivity index (χ0n) is 16.5. The molecule has 2 aliphatic heterocycles. The average molecular weight is 389 g/mol. The first-order chi connectivity index (χ1) is 13.4. The summed E-state index contributed by atoms with van der Waals surface area (Å²) >= 11 is 1.77. The van der Waals surface area contributed by atoms with Gasteiger partial charge in [0.1, 0.15) is 0 Å². The Morgan fingerprint density at radius 2 is 1.96 bits per heavy atom. The van der Waals surface area contributed by atoms with Gasteiger partial charge in [0, 0.05) is 27.1 Å². The van der Waals surface area contributed by atoms with Gasteiger partial charge in [-0.3, -0.25) is 9.79 Å². The molecule has 0 aromatic heterocycles. The minimum absolute atomic E-state index is 0.0531. The number of carbonyl (C=O) groups is 1. The van der Waals surface area contributed by atoms with Crippen molar-refractivity contribution in [3.8, 4) is 0 Å². The van der Waals surface area contributed by atoms with Crippen LogP contribution in [0.15, 0.2) is 81.6 Å². The van der Waals surface area contributed by atoms with E-state index in [1.807, 2.05) is 12.1 Å². The predicted octanol–water partition coefficient (Wildman–Crippen LogP) is 5.47. The fraction of sp³-hybridized carbons (Fsp3) is 0.250. The van der Waals surface area contributed by atoms with Crippen LogP contribution in [0.4, 0.5) is 5.69 Å². The molecule has 4 rings (SSSR count). The van der Waals surface area contributed by atoms with Crippen molar-refractivity contribution in [1.82, 2.24) is 5.32 Å². The monoisotopic (exact) mass is 388 g/mol. The standard InChI is InChI=1S/C24H24N2OS/c1-15-9-12-23(27)26-24(15,4)16(2)13-18-10-11-19-17(3)25-20-7-5-6-8-21(20)28-22(19)14-18/h5-12,14,16H,1,13H2,2-4H3,(H,26,27). The molecular formula is C24H24N2OS. The highest BCUT2D eigenvalue weighted by molar-refractivity contribution is 7.99. The molecule has 0 aliphatic carbocycles. The Labute approximate surface area is 170 Å². The largest absolute Gasteiger partial charge is 0.343 e. The zero-order chi connectivity index (χ0) is 19.9. The summed E-state index contributed by atoms with van der Waals surface area (Å²) < 4.78 is 0. The first-order valence-electron chi connectivity index (χ1n) is 9.52. The molecule has 28 heavy (non-hydrogen) atoms. The third-order valence-corrected chi connectivity index (χ3v) is 6.95. The number of fused-ring (bicyclic) bond motifs is 2. The molecule has 0 saturated heterocycles. The lowest BCUT2D eigenvalue weighted by molar-refractivity contribution is -0.118. The Kier molecular flexibility index (Phi) is 4.76. The van der Waals surface area contributed by atoms with Crippen molar-refractivity contribution in [1.29, 1.82) is 0 Å². The molecular weight excluding hydrogens is 364 g/mol. The number of para-hydroxylation sites is 1. The quantitative estimate of drug-likeness (QED) is 0.757. The van der Waals surface area contributed by atoms with Crippen LogP contribution in [0.5, 0.6) is 0 Å². The summed E-state index contributed by atoms with van der Waals surface area (Å²) in [6, 6.07) is 14.9. The smallest absolute Gasteiger partial charge is 0.244 e. The molecule has 0 spiro atoms. The summed E-state index contributed by atoms with van der Waals surface area (Å²) in [6.45, 7) is 10.5. The van der Waals surface area contributed by atoms with Gasteiger partial charge in [0.05, 0.1) is 11.2 Å². The molecule has 2 aromatic carbocycles. The van der Waals surface area contributed by atoms with E-state index in [0.29, 0.717) is 0 Å². The van der Waals surface area contributed by atoms with Gasteiger partial charge in [0.2, 0.25) is 5.91 Å². The fourth-order valence-corrected chi connectivity index (χ4v) is 4.93. The van der Waals surface area contributed by atoms with Crippen LogP contribution in [-0.2, 0) is 11.2 Å². The van der Waals surface area contributed by atoms with Crippen molar-refractivity contribution in [3.63, 3.8) is 0 Å². The average Bonchev–Trinajstić information content (AvgIpc) is 2.80. The number of nitrogens with one attached hydrogen (secondary N) is 1. The van der Waals surface area contributed by atoms with Crippen molar-refractivity contribution in [3.05, 3.63) is 77.9 Å². The highest BCUT2D eigenvalue weighted by atomic mass is 32.2. The molecule has 2 heterocycles. The van der Waals surface area contributed by atoms with E-state index in [9.17, 15) is 4.79 Å². The molecule has 3 nitrogen and oxygen atoms in total. The van der Waals surface area contributed by atoms with E-state index in [-0.39, 0.29) is 11.8 Å².